The standard InChI is InChI=1S/C17H32N2O2/c1-5-8-17(9-10-17)13-18-14-7-6-11-19(12-14)15(20)21-16(2,3)4/h14,18H,5-13H2,1-4H3. The number of carbonyl (C=O) groups excluding carboxylic acids is 1. The Labute approximate surface area is 129 Å². The fourth-order valence-corrected chi connectivity index (χ4v) is 3.22. The first-order valence-corrected chi connectivity index (χ1v) is 8.55. The number of ether oxygens (including phenoxy) is 1. The zero-order valence-electron chi connectivity index (χ0n) is 14.2. The van der Waals surface area contributed by atoms with Gasteiger partial charge in [-0.2, -0.15) is 0 Å². The molecule has 2 aliphatic rings. The van der Waals surface area contributed by atoms with Crippen molar-refractivity contribution in [2.24, 2.45) is 5.41 Å². The fourth-order valence-electron chi connectivity index (χ4n) is 3.22. The largest absolute Gasteiger partial charge is 0.444 e. The van der Waals surface area contributed by atoms with Gasteiger partial charge in [-0.1, -0.05) is 13.3 Å². The summed E-state index contributed by atoms with van der Waals surface area (Å²) in [6.07, 6.45) is 7.42. The SMILES string of the molecule is CCCC1(CNC2CCCN(C(=O)OC(C)(C)C)C2)CC1. The van der Waals surface area contributed by atoms with Crippen molar-refractivity contribution in [3.05, 3.63) is 0 Å². The minimum Gasteiger partial charge on any atom is -0.444 e. The molecule has 0 aromatic heterocycles. The van der Waals surface area contributed by atoms with Crippen LogP contribution in [0.3, 0.4) is 0 Å². The molecule has 1 saturated carbocycles. The van der Waals surface area contributed by atoms with E-state index in [1.165, 1.54) is 32.1 Å². The maximum Gasteiger partial charge on any atom is 0.410 e. The fraction of sp³-hybridized carbons (Fsp3) is 0.941. The van der Waals surface area contributed by atoms with Gasteiger partial charge >= 0.3 is 6.09 Å². The molecule has 4 nitrogen and oxygen atoms in total. The lowest BCUT2D eigenvalue weighted by molar-refractivity contribution is 0.0186. The lowest BCUT2D eigenvalue weighted by Crippen LogP contribution is -2.50. The van der Waals surface area contributed by atoms with E-state index >= 15 is 0 Å². The van der Waals surface area contributed by atoms with Gasteiger partial charge in [0.05, 0.1) is 0 Å². The van der Waals surface area contributed by atoms with Gasteiger partial charge in [0.2, 0.25) is 0 Å². The number of amides is 1. The molecule has 1 heterocycles. The van der Waals surface area contributed by atoms with Crippen molar-refractivity contribution in [2.75, 3.05) is 19.6 Å². The van der Waals surface area contributed by atoms with Crippen molar-refractivity contribution in [2.45, 2.75) is 77.9 Å². The van der Waals surface area contributed by atoms with Crippen molar-refractivity contribution in [1.29, 1.82) is 0 Å². The molecule has 1 aliphatic heterocycles. The van der Waals surface area contributed by atoms with Gasteiger partial charge in [-0.15, -0.1) is 0 Å². The Balaban J connectivity index is 1.77. The molecule has 1 amide bonds. The second-order valence-corrected chi connectivity index (χ2v) is 7.90. The van der Waals surface area contributed by atoms with Gasteiger partial charge in [0, 0.05) is 25.7 Å². The third kappa shape index (κ3) is 5.17. The first kappa shape index (κ1) is 16.6. The molecular weight excluding hydrogens is 264 g/mol. The van der Waals surface area contributed by atoms with Gasteiger partial charge in [0.15, 0.2) is 0 Å². The van der Waals surface area contributed by atoms with Crippen LogP contribution in [0.5, 0.6) is 0 Å². The van der Waals surface area contributed by atoms with Crippen LogP contribution >= 0.6 is 0 Å². The van der Waals surface area contributed by atoms with E-state index < -0.39 is 5.60 Å². The number of nitrogens with one attached hydrogen (secondary N) is 1. The highest BCUT2D eigenvalue weighted by atomic mass is 16.6. The first-order valence-electron chi connectivity index (χ1n) is 8.55. The molecule has 1 saturated heterocycles. The zero-order chi connectivity index (χ0) is 15.5. The summed E-state index contributed by atoms with van der Waals surface area (Å²) in [7, 11) is 0. The minimum atomic E-state index is -0.406. The molecule has 0 aromatic rings. The summed E-state index contributed by atoms with van der Waals surface area (Å²) < 4.78 is 5.48. The minimum absolute atomic E-state index is 0.163. The molecule has 0 radical (unpaired) electrons. The van der Waals surface area contributed by atoms with Crippen LogP contribution in [0, 0.1) is 5.41 Å². The maximum absolute atomic E-state index is 12.2. The number of carbonyl (C=O) groups is 1. The van der Waals surface area contributed by atoms with Gasteiger partial charge in [-0.3, -0.25) is 0 Å². The van der Waals surface area contributed by atoms with Crippen molar-refractivity contribution in [1.82, 2.24) is 10.2 Å². The molecule has 0 bridgehead atoms. The molecular formula is C17H32N2O2. The van der Waals surface area contributed by atoms with E-state index in [4.69, 9.17) is 4.74 Å². The normalized spacial score (nSPS) is 24.8. The van der Waals surface area contributed by atoms with Crippen LogP contribution in [0.25, 0.3) is 0 Å². The monoisotopic (exact) mass is 296 g/mol. The molecule has 2 fully saturated rings. The predicted octanol–water partition coefficient (Wildman–Crippen LogP) is 3.56. The summed E-state index contributed by atoms with van der Waals surface area (Å²) >= 11 is 0. The highest BCUT2D eigenvalue weighted by molar-refractivity contribution is 5.68. The summed E-state index contributed by atoms with van der Waals surface area (Å²) in [4.78, 5) is 14.0. The number of rotatable bonds is 5. The third-order valence-electron chi connectivity index (χ3n) is 4.58. The van der Waals surface area contributed by atoms with Crippen LogP contribution in [0.15, 0.2) is 0 Å². The zero-order valence-corrected chi connectivity index (χ0v) is 14.2. The molecule has 21 heavy (non-hydrogen) atoms. The molecule has 1 N–H and O–H groups in total. The maximum atomic E-state index is 12.2. The van der Waals surface area contributed by atoms with Crippen LogP contribution in [0.4, 0.5) is 4.79 Å². The van der Waals surface area contributed by atoms with E-state index in [9.17, 15) is 4.79 Å². The van der Waals surface area contributed by atoms with E-state index in [2.05, 4.69) is 12.2 Å². The van der Waals surface area contributed by atoms with Crippen LogP contribution in [0.2, 0.25) is 0 Å². The Kier molecular flexibility index (Phi) is 5.18. The summed E-state index contributed by atoms with van der Waals surface area (Å²) in [5, 5.41) is 3.71. The molecule has 0 aromatic carbocycles. The highest BCUT2D eigenvalue weighted by Gasteiger charge is 2.41. The topological polar surface area (TPSA) is 41.6 Å². The summed E-state index contributed by atoms with van der Waals surface area (Å²) in [5.74, 6) is 0. The number of hydrogen-bond donors (Lipinski definition) is 1. The number of piperidine rings is 1. The van der Waals surface area contributed by atoms with Crippen LogP contribution < -0.4 is 5.32 Å². The van der Waals surface area contributed by atoms with Crippen molar-refractivity contribution in [3.63, 3.8) is 0 Å². The highest BCUT2D eigenvalue weighted by Crippen LogP contribution is 2.49. The Hall–Kier alpha value is -0.770. The summed E-state index contributed by atoms with van der Waals surface area (Å²) in [6, 6.07) is 0.431. The second-order valence-electron chi connectivity index (χ2n) is 7.90. The summed E-state index contributed by atoms with van der Waals surface area (Å²) in [5.41, 5.74) is 0.166. The van der Waals surface area contributed by atoms with Crippen LogP contribution in [0.1, 0.15) is 66.2 Å². The van der Waals surface area contributed by atoms with Gasteiger partial charge in [0.1, 0.15) is 5.60 Å². The number of likely N-dealkylation sites (tertiary alicyclic amines) is 1. The molecule has 1 unspecified atom stereocenters. The second kappa shape index (κ2) is 6.55. The van der Waals surface area contributed by atoms with Gasteiger partial charge in [-0.05, 0) is 58.3 Å². The lowest BCUT2D eigenvalue weighted by Gasteiger charge is -2.35. The average Bonchev–Trinajstić information content (AvgIpc) is 3.16. The van der Waals surface area contributed by atoms with Gasteiger partial charge < -0.3 is 15.0 Å². The van der Waals surface area contributed by atoms with E-state index in [1.807, 2.05) is 25.7 Å². The van der Waals surface area contributed by atoms with E-state index in [0.29, 0.717) is 11.5 Å². The molecule has 0 spiro atoms. The lowest BCUT2D eigenvalue weighted by atomic mass is 9.99. The molecule has 2 rings (SSSR count). The molecule has 4 heteroatoms. The van der Waals surface area contributed by atoms with Crippen molar-refractivity contribution < 1.29 is 9.53 Å². The van der Waals surface area contributed by atoms with Crippen molar-refractivity contribution >= 4 is 6.09 Å². The van der Waals surface area contributed by atoms with Gasteiger partial charge in [0.25, 0.3) is 0 Å². The number of hydrogen-bond acceptors (Lipinski definition) is 3. The molecule has 1 atom stereocenters. The Bertz CT molecular complexity index is 358. The molecule has 122 valence electrons. The smallest absolute Gasteiger partial charge is 0.410 e. The first-order chi connectivity index (χ1) is 9.84. The quantitative estimate of drug-likeness (QED) is 0.843. The van der Waals surface area contributed by atoms with E-state index in [0.717, 1.165) is 26.1 Å². The Morgan fingerprint density at radius 1 is 1.38 bits per heavy atom. The van der Waals surface area contributed by atoms with Gasteiger partial charge in [-0.25, -0.2) is 4.79 Å². The molecule has 1 aliphatic carbocycles. The number of nitrogens with zero attached hydrogens (tertiary/aromatic N) is 1. The Morgan fingerprint density at radius 3 is 2.67 bits per heavy atom. The van der Waals surface area contributed by atoms with E-state index in [1.54, 1.807) is 0 Å². The third-order valence-corrected chi connectivity index (χ3v) is 4.58. The Morgan fingerprint density at radius 2 is 2.10 bits per heavy atom. The average molecular weight is 296 g/mol. The summed E-state index contributed by atoms with van der Waals surface area (Å²) in [6.45, 7) is 10.8. The predicted molar refractivity (Wildman–Crippen MR) is 85.4 cm³/mol. The van der Waals surface area contributed by atoms with Crippen molar-refractivity contribution in [3.8, 4) is 0 Å². The van der Waals surface area contributed by atoms with Crippen LogP contribution in [-0.4, -0.2) is 42.3 Å². The van der Waals surface area contributed by atoms with Crippen LogP contribution in [-0.2, 0) is 4.74 Å². The van der Waals surface area contributed by atoms with E-state index in [-0.39, 0.29) is 6.09 Å².